The number of H-pyrrole nitrogens is 1. The van der Waals surface area contributed by atoms with Crippen LogP contribution in [0.2, 0.25) is 5.02 Å². The summed E-state index contributed by atoms with van der Waals surface area (Å²) < 4.78 is 0. The average Bonchev–Trinajstić information content (AvgIpc) is 2.88. The fourth-order valence-corrected chi connectivity index (χ4v) is 3.19. The zero-order valence-corrected chi connectivity index (χ0v) is 13.3. The van der Waals surface area contributed by atoms with Gasteiger partial charge >= 0.3 is 0 Å². The van der Waals surface area contributed by atoms with Crippen molar-refractivity contribution in [1.82, 2.24) is 10.3 Å². The van der Waals surface area contributed by atoms with Crippen molar-refractivity contribution >= 4 is 39.1 Å². The van der Waals surface area contributed by atoms with Gasteiger partial charge in [0.25, 0.3) is 5.91 Å². The Balaban J connectivity index is 1.81. The van der Waals surface area contributed by atoms with E-state index in [2.05, 4.69) is 10.3 Å². The van der Waals surface area contributed by atoms with Crippen LogP contribution in [0.25, 0.3) is 10.2 Å². The lowest BCUT2D eigenvalue weighted by molar-refractivity contribution is 0.0949. The highest BCUT2D eigenvalue weighted by Gasteiger charge is 2.14. The summed E-state index contributed by atoms with van der Waals surface area (Å²) >= 11 is 7.32. The van der Waals surface area contributed by atoms with Crippen LogP contribution in [0, 0.1) is 6.92 Å². The Hall–Kier alpha value is -2.11. The topological polar surface area (TPSA) is 62.0 Å². The van der Waals surface area contributed by atoms with E-state index in [0.29, 0.717) is 17.0 Å². The van der Waals surface area contributed by atoms with Gasteiger partial charge in [-0.1, -0.05) is 23.7 Å². The van der Waals surface area contributed by atoms with Gasteiger partial charge < -0.3 is 10.3 Å². The number of hydrogen-bond donors (Lipinski definition) is 2. The maximum absolute atomic E-state index is 12.3. The number of aromatic amines is 1. The number of aromatic nitrogens is 1. The lowest BCUT2D eigenvalue weighted by Gasteiger charge is -2.05. The van der Waals surface area contributed by atoms with E-state index < -0.39 is 0 Å². The molecule has 0 aliphatic carbocycles. The minimum absolute atomic E-state index is 0.124. The van der Waals surface area contributed by atoms with Crippen molar-refractivity contribution in [2.24, 2.45) is 0 Å². The van der Waals surface area contributed by atoms with Crippen LogP contribution in [-0.2, 0) is 6.54 Å². The SMILES string of the molecule is Cc1cc2c(=O)c(C(=O)NCc3ccc(Cl)cc3)c[nH]c2s1. The first-order valence-electron chi connectivity index (χ1n) is 6.69. The van der Waals surface area contributed by atoms with E-state index in [0.717, 1.165) is 15.3 Å². The van der Waals surface area contributed by atoms with Gasteiger partial charge in [0, 0.05) is 22.6 Å². The maximum Gasteiger partial charge on any atom is 0.257 e. The van der Waals surface area contributed by atoms with Gasteiger partial charge in [0.15, 0.2) is 0 Å². The molecule has 3 aromatic rings. The predicted octanol–water partition coefficient (Wildman–Crippen LogP) is 3.48. The summed E-state index contributed by atoms with van der Waals surface area (Å²) in [6.07, 6.45) is 1.47. The van der Waals surface area contributed by atoms with E-state index >= 15 is 0 Å². The second-order valence-corrected chi connectivity index (χ2v) is 6.63. The molecule has 0 radical (unpaired) electrons. The van der Waals surface area contributed by atoms with E-state index in [4.69, 9.17) is 11.6 Å². The van der Waals surface area contributed by atoms with Gasteiger partial charge in [0.2, 0.25) is 5.43 Å². The van der Waals surface area contributed by atoms with Crippen LogP contribution < -0.4 is 10.7 Å². The van der Waals surface area contributed by atoms with Crippen molar-refractivity contribution in [3.63, 3.8) is 0 Å². The van der Waals surface area contributed by atoms with Crippen LogP contribution in [0.4, 0.5) is 0 Å². The van der Waals surface area contributed by atoms with Crippen LogP contribution in [-0.4, -0.2) is 10.9 Å². The van der Waals surface area contributed by atoms with Crippen LogP contribution in [0.1, 0.15) is 20.8 Å². The van der Waals surface area contributed by atoms with Crippen molar-refractivity contribution in [2.75, 3.05) is 0 Å². The number of halogens is 1. The smallest absolute Gasteiger partial charge is 0.257 e. The number of nitrogens with one attached hydrogen (secondary N) is 2. The predicted molar refractivity (Wildman–Crippen MR) is 89.8 cm³/mol. The van der Waals surface area contributed by atoms with Crippen molar-refractivity contribution in [2.45, 2.75) is 13.5 Å². The summed E-state index contributed by atoms with van der Waals surface area (Å²) in [6.45, 7) is 2.27. The number of thiophene rings is 1. The maximum atomic E-state index is 12.3. The zero-order valence-electron chi connectivity index (χ0n) is 11.8. The number of pyridine rings is 1. The molecule has 0 atom stereocenters. The van der Waals surface area contributed by atoms with E-state index in [1.165, 1.54) is 17.5 Å². The minimum Gasteiger partial charge on any atom is -0.352 e. The second kappa shape index (κ2) is 5.94. The molecule has 3 rings (SSSR count). The third-order valence-electron chi connectivity index (χ3n) is 3.30. The highest BCUT2D eigenvalue weighted by atomic mass is 35.5. The number of carbonyl (C=O) groups is 1. The van der Waals surface area contributed by atoms with E-state index in [1.54, 1.807) is 18.2 Å². The quantitative estimate of drug-likeness (QED) is 0.771. The first kappa shape index (κ1) is 14.8. The summed E-state index contributed by atoms with van der Waals surface area (Å²) in [4.78, 5) is 29.4. The Morgan fingerprint density at radius 3 is 2.77 bits per heavy atom. The third kappa shape index (κ3) is 2.91. The summed E-state index contributed by atoms with van der Waals surface area (Å²) in [6, 6.07) is 8.98. The van der Waals surface area contributed by atoms with Gasteiger partial charge in [-0.2, -0.15) is 0 Å². The van der Waals surface area contributed by atoms with Crippen LogP contribution >= 0.6 is 22.9 Å². The molecule has 0 aliphatic rings. The van der Waals surface area contributed by atoms with Gasteiger partial charge in [-0.15, -0.1) is 11.3 Å². The summed E-state index contributed by atoms with van der Waals surface area (Å²) in [5.41, 5.74) is 0.799. The average molecular weight is 333 g/mol. The summed E-state index contributed by atoms with van der Waals surface area (Å²) in [5.74, 6) is -0.387. The Kier molecular flexibility index (Phi) is 4.00. The van der Waals surface area contributed by atoms with E-state index in [9.17, 15) is 9.59 Å². The number of hydrogen-bond acceptors (Lipinski definition) is 3. The molecule has 0 saturated carbocycles. The van der Waals surface area contributed by atoms with Crippen molar-refractivity contribution in [3.8, 4) is 0 Å². The Morgan fingerprint density at radius 2 is 2.05 bits per heavy atom. The standard InChI is InChI=1S/C16H13ClN2O2S/c1-9-6-12-14(20)13(8-19-16(12)22-9)15(21)18-7-10-2-4-11(17)5-3-10/h2-6,8H,7H2,1H3,(H,18,21)(H,19,20). The molecule has 0 saturated heterocycles. The number of aryl methyl sites for hydroxylation is 1. The van der Waals surface area contributed by atoms with Gasteiger partial charge in [-0.25, -0.2) is 0 Å². The van der Waals surface area contributed by atoms with E-state index in [1.807, 2.05) is 19.1 Å². The summed E-state index contributed by atoms with van der Waals surface area (Å²) in [5, 5.41) is 3.95. The van der Waals surface area contributed by atoms with Gasteiger partial charge in [-0.3, -0.25) is 9.59 Å². The molecule has 0 unspecified atom stereocenters. The second-order valence-electron chi connectivity index (χ2n) is 4.94. The largest absolute Gasteiger partial charge is 0.352 e. The van der Waals surface area contributed by atoms with Gasteiger partial charge in [0.1, 0.15) is 10.4 Å². The molecule has 112 valence electrons. The molecule has 1 amide bonds. The fourth-order valence-electron chi connectivity index (χ4n) is 2.19. The molecule has 6 heteroatoms. The first-order valence-corrected chi connectivity index (χ1v) is 7.88. The number of amides is 1. The highest BCUT2D eigenvalue weighted by molar-refractivity contribution is 7.18. The van der Waals surface area contributed by atoms with Crippen LogP contribution in [0.15, 0.2) is 41.3 Å². The molecule has 2 heterocycles. The molecule has 0 aliphatic heterocycles. The molecule has 2 aromatic heterocycles. The highest BCUT2D eigenvalue weighted by Crippen LogP contribution is 2.20. The zero-order chi connectivity index (χ0) is 15.7. The lowest BCUT2D eigenvalue weighted by atomic mass is 10.2. The third-order valence-corrected chi connectivity index (χ3v) is 4.54. The summed E-state index contributed by atoms with van der Waals surface area (Å²) in [7, 11) is 0. The first-order chi connectivity index (χ1) is 10.5. The number of carbonyl (C=O) groups excluding carboxylic acids is 1. The van der Waals surface area contributed by atoms with Crippen molar-refractivity contribution in [1.29, 1.82) is 0 Å². The molecule has 1 aromatic carbocycles. The minimum atomic E-state index is -0.387. The molecule has 0 bridgehead atoms. The Bertz CT molecular complexity index is 897. The van der Waals surface area contributed by atoms with Gasteiger partial charge in [-0.05, 0) is 30.7 Å². The number of rotatable bonds is 3. The molecule has 0 spiro atoms. The molecule has 4 nitrogen and oxygen atoms in total. The molecule has 0 fully saturated rings. The van der Waals surface area contributed by atoms with Crippen molar-refractivity contribution in [3.05, 3.63) is 67.8 Å². The number of fused-ring (bicyclic) bond motifs is 1. The monoisotopic (exact) mass is 332 g/mol. The normalized spacial score (nSPS) is 10.8. The van der Waals surface area contributed by atoms with Crippen LogP contribution in [0.5, 0.6) is 0 Å². The number of benzene rings is 1. The molecule has 2 N–H and O–H groups in total. The van der Waals surface area contributed by atoms with Crippen LogP contribution in [0.3, 0.4) is 0 Å². The van der Waals surface area contributed by atoms with Gasteiger partial charge in [0.05, 0.1) is 5.39 Å². The molecular formula is C16H13ClN2O2S. The Labute approximate surface area is 135 Å². The lowest BCUT2D eigenvalue weighted by Crippen LogP contribution is -2.28. The Morgan fingerprint density at radius 1 is 1.32 bits per heavy atom. The molecular weight excluding hydrogens is 320 g/mol. The van der Waals surface area contributed by atoms with Crippen molar-refractivity contribution < 1.29 is 4.79 Å². The fraction of sp³-hybridized carbons (Fsp3) is 0.125. The van der Waals surface area contributed by atoms with E-state index in [-0.39, 0.29) is 16.9 Å². The molecule has 22 heavy (non-hydrogen) atoms.